The first kappa shape index (κ1) is 90.1. The molecule has 147 heavy (non-hydrogen) atoms. The van der Waals surface area contributed by atoms with Crippen LogP contribution in [0.5, 0.6) is 0 Å². The zero-order valence-corrected chi connectivity index (χ0v) is 71.8. The number of nitrogens with zero attached hydrogens (tertiary/aromatic N) is 24. The van der Waals surface area contributed by atoms with E-state index in [1.807, 2.05) is 0 Å². The molecule has 28 aromatic rings. The van der Waals surface area contributed by atoms with E-state index in [1.165, 1.54) is 146 Å². The van der Waals surface area contributed by atoms with E-state index in [4.69, 9.17) is 49.8 Å². The molecule has 12 N–H and O–H groups in total. The lowest BCUT2D eigenvalue weighted by atomic mass is 10.2. The van der Waals surface area contributed by atoms with Gasteiger partial charge in [0.25, 0.3) is 0 Å². The molecule has 0 saturated heterocycles. The van der Waals surface area contributed by atoms with Gasteiger partial charge >= 0.3 is 71.6 Å². The summed E-state index contributed by atoms with van der Waals surface area (Å²) in [4.78, 5) is 196. The first-order valence-electron chi connectivity index (χ1n) is 42.4. The van der Waals surface area contributed by atoms with E-state index in [0.717, 1.165) is 0 Å². The van der Waals surface area contributed by atoms with Crippen LogP contribution in [-0.2, 0) is 0 Å². The van der Waals surface area contributed by atoms with Crippen LogP contribution in [0.3, 0.4) is 0 Å². The highest BCUT2D eigenvalue weighted by molar-refractivity contribution is 6.07. The van der Waals surface area contributed by atoms with Crippen molar-refractivity contribution < 1.29 is 119 Å². The number of aromatic nitrogens is 24. The molecular formula is C99H60N24O24. The summed E-state index contributed by atoms with van der Waals surface area (Å²) >= 11 is 0. The van der Waals surface area contributed by atoms with Crippen molar-refractivity contribution in [3.05, 3.63) is 285 Å². The number of benzene rings is 12. The van der Waals surface area contributed by atoms with Gasteiger partial charge < -0.3 is 61.3 Å². The average molecular weight is 1970 g/mol. The highest BCUT2D eigenvalue weighted by Gasteiger charge is 2.31. The summed E-state index contributed by atoms with van der Waals surface area (Å²) in [5.74, 6) is -8.85. The Bertz CT molecular complexity index is 10000. The smallest absolute Gasteiger partial charge is 0.335 e. The third-order valence-electron chi connectivity index (χ3n) is 25.0. The minimum atomic E-state index is -1.11. The lowest BCUT2D eigenvalue weighted by molar-refractivity contribution is 0.0686. The van der Waals surface area contributed by atoms with Crippen LogP contribution in [0.1, 0.15) is 147 Å². The second-order valence-electron chi connectivity index (χ2n) is 33.1. The Hall–Kier alpha value is -22.1. The number of hydrogen-bond acceptors (Lipinski definition) is 24. The van der Waals surface area contributed by atoms with E-state index >= 15 is 0 Å². The second-order valence-corrected chi connectivity index (χ2v) is 33.1. The lowest BCUT2D eigenvalue weighted by Crippen LogP contribution is -2.05. The van der Waals surface area contributed by atoms with Gasteiger partial charge in [-0.25, -0.2) is 170 Å². The number of hydrogen-bond donors (Lipinski definition) is 12. The maximum absolute atomic E-state index is 11.7. The van der Waals surface area contributed by atoms with Crippen molar-refractivity contribution >= 4 is 273 Å². The Labute approximate surface area is 808 Å². The van der Waals surface area contributed by atoms with Gasteiger partial charge in [-0.15, -0.1) is 0 Å². The van der Waals surface area contributed by atoms with E-state index in [1.54, 1.807) is 126 Å². The number of carboxylic acid groups (broad SMARTS) is 12. The Balaban J connectivity index is 0.000000111. The number of fused-ring (bicyclic) bond motifs is 48. The quantitative estimate of drug-likeness (QED) is 0.0540. The molecule has 0 amide bonds. The van der Waals surface area contributed by atoms with Gasteiger partial charge in [-0.3, -0.25) is 0 Å². The van der Waals surface area contributed by atoms with Gasteiger partial charge in [0.05, 0.1) is 199 Å². The largest absolute Gasteiger partial charge is 0.478 e. The molecule has 16 heterocycles. The maximum Gasteiger partial charge on any atom is 0.335 e. The van der Waals surface area contributed by atoms with E-state index in [0.29, 0.717) is 202 Å². The molecule has 0 unspecified atom stereocenters. The SMILES string of the molecule is C.C.C.O=C(O)c1ccc2c(c1)nc1n2c2nc3cc(C(=O)O)ccc3n2c2nc3cc(C(=O)O)ccc3n12.O=C(O)c1ccc2c(c1)nc1n2c2nc3ccc(C(=O)O)cc3n2c2nc3cc(C(=O)O)ccc3n12.O=C(O)c1ccc2c(c1)nc1n2c2nc3ccc(C(=O)O)cc3n2c2nc3ccc(C(=O)O)cc3n12.O=C(O)c1ccc2nc3n(c2c1)c1nc2ccc(C(=O)O)cc2n1c1nc2ccc(C(=O)O)cc2n31. The minimum Gasteiger partial charge on any atom is -0.478 e. The van der Waals surface area contributed by atoms with Crippen molar-refractivity contribution in [1.82, 2.24) is 113 Å². The molecule has 48 heteroatoms. The molecule has 0 bridgehead atoms. The number of carbonyl (C=O) groups is 12. The molecule has 0 radical (unpaired) electrons. The molecule has 28 rings (SSSR count). The van der Waals surface area contributed by atoms with Crippen LogP contribution in [0.25, 0.3) is 202 Å². The zero-order chi connectivity index (χ0) is 99.5. The summed E-state index contributed by atoms with van der Waals surface area (Å²) in [5.41, 5.74) is 12.4. The summed E-state index contributed by atoms with van der Waals surface area (Å²) in [6, 6.07) is 54.4. The summed E-state index contributed by atoms with van der Waals surface area (Å²) in [6.07, 6.45) is 0. The van der Waals surface area contributed by atoms with Crippen LogP contribution >= 0.6 is 0 Å². The molecule has 0 aliphatic carbocycles. The van der Waals surface area contributed by atoms with Crippen molar-refractivity contribution in [2.45, 2.75) is 22.3 Å². The predicted octanol–water partition coefficient (Wildman–Crippen LogP) is 14.6. The molecule has 0 fully saturated rings. The molecule has 0 aliphatic rings. The number of imidazole rings is 12. The zero-order valence-electron chi connectivity index (χ0n) is 71.8. The number of rotatable bonds is 12. The standard InChI is InChI=1S/4C24H12N6O6.3CH4/c31-19(32)10-3-6-16-15(7-10)27-24-28(16)22-25-13-4-1-11(20(33)34)8-17(13)29(22)23-26-14-5-2-12(21(35)36)9-18(14)30(23)24;31-19(32)10-2-5-16-14(7-10)26-23-28(16)22-25-13-4-1-12(21(35)36)9-18(13)30(22)24-27-15-8-11(20(33)34)3-6-17(15)29(23)24;31-19(32)10-1-4-16-13(7-10)25-22-28(16)23-26-14-8-11(20(33)34)2-5-17(14)30(23)24-27-15-9-12(21(35)36)3-6-18(15)29(22)24;31-19(32)10-1-4-13-16(7-10)28-22(25-13)29-17-8-11(20(33)34)2-5-14(17)27-24(29)30-18-9-12(21(35)36)3-6-15(18)26-23(28)30;;;/h4*1-9H,(H,31,32)(H,33,34)(H,35,36);3*1H4. The molecule has 12 aromatic carbocycles. The van der Waals surface area contributed by atoms with Gasteiger partial charge in [-0.1, -0.05) is 22.3 Å². The van der Waals surface area contributed by atoms with Crippen LogP contribution < -0.4 is 0 Å². The van der Waals surface area contributed by atoms with Crippen LogP contribution in [0.4, 0.5) is 0 Å². The number of aromatic carboxylic acids is 12. The van der Waals surface area contributed by atoms with Gasteiger partial charge in [0.15, 0.2) is 0 Å². The summed E-state index contributed by atoms with van der Waals surface area (Å²) in [7, 11) is 0. The summed E-state index contributed by atoms with van der Waals surface area (Å²) < 4.78 is 20.4. The van der Waals surface area contributed by atoms with Crippen molar-refractivity contribution in [2.24, 2.45) is 0 Å². The Morgan fingerprint density at radius 3 is 0.340 bits per heavy atom. The molecule has 48 nitrogen and oxygen atoms in total. The monoisotopic (exact) mass is 1970 g/mol. The van der Waals surface area contributed by atoms with E-state index in [2.05, 4.69) is 9.97 Å². The maximum atomic E-state index is 11.7. The van der Waals surface area contributed by atoms with E-state index in [9.17, 15) is 119 Å². The minimum absolute atomic E-state index is 0. The molecule has 0 saturated carbocycles. The first-order chi connectivity index (χ1) is 69.3. The fraction of sp³-hybridized carbons (Fsp3) is 0.0303. The predicted molar refractivity (Wildman–Crippen MR) is 525 cm³/mol. The van der Waals surface area contributed by atoms with Gasteiger partial charge in [-0.2, -0.15) is 0 Å². The van der Waals surface area contributed by atoms with E-state index in [-0.39, 0.29) is 89.0 Å². The van der Waals surface area contributed by atoms with Gasteiger partial charge in [0.2, 0.25) is 69.3 Å². The average Bonchev–Trinajstić information content (AvgIpc) is 1.55. The Kier molecular flexibility index (Phi) is 19.6. The third-order valence-corrected chi connectivity index (χ3v) is 25.0. The first-order valence-corrected chi connectivity index (χ1v) is 42.4. The van der Waals surface area contributed by atoms with Crippen LogP contribution in [0.15, 0.2) is 218 Å². The topological polar surface area (TPSA) is 655 Å². The van der Waals surface area contributed by atoms with Gasteiger partial charge in [0.1, 0.15) is 0 Å². The normalized spacial score (nSPS) is 11.8. The van der Waals surface area contributed by atoms with Crippen LogP contribution in [-0.4, -0.2) is 246 Å². The lowest BCUT2D eigenvalue weighted by Gasteiger charge is -2.06. The summed E-state index contributed by atoms with van der Waals surface area (Å²) in [6.45, 7) is 0. The highest BCUT2D eigenvalue weighted by atomic mass is 16.4. The highest BCUT2D eigenvalue weighted by Crippen LogP contribution is 2.38. The third kappa shape index (κ3) is 13.2. The number of carboxylic acids is 12. The fourth-order valence-electron chi connectivity index (χ4n) is 18.5. The van der Waals surface area contributed by atoms with Crippen molar-refractivity contribution in [3.63, 3.8) is 0 Å². The molecule has 0 aliphatic heterocycles. The molecule has 720 valence electrons. The van der Waals surface area contributed by atoms with Crippen molar-refractivity contribution in [2.75, 3.05) is 0 Å². The summed E-state index contributed by atoms with van der Waals surface area (Å²) in [5, 5.41) is 114. The van der Waals surface area contributed by atoms with Crippen molar-refractivity contribution in [3.8, 4) is 0 Å². The fourth-order valence-corrected chi connectivity index (χ4v) is 18.5. The van der Waals surface area contributed by atoms with Gasteiger partial charge in [0, 0.05) is 0 Å². The Morgan fingerprint density at radius 1 is 0.129 bits per heavy atom. The van der Waals surface area contributed by atoms with Gasteiger partial charge in [-0.05, 0) is 218 Å². The van der Waals surface area contributed by atoms with Crippen LogP contribution in [0.2, 0.25) is 0 Å². The molecule has 16 aromatic heterocycles. The molecular weight excluding hydrogens is 1910 g/mol. The van der Waals surface area contributed by atoms with Crippen LogP contribution in [0, 0.1) is 0 Å². The molecule has 0 spiro atoms. The molecule has 0 atom stereocenters. The van der Waals surface area contributed by atoms with Crippen molar-refractivity contribution in [1.29, 1.82) is 0 Å². The van der Waals surface area contributed by atoms with E-state index < -0.39 is 71.6 Å². The Morgan fingerprint density at radius 2 is 0.224 bits per heavy atom. The second kappa shape index (κ2) is 32.0.